The van der Waals surface area contributed by atoms with Gasteiger partial charge in [-0.25, -0.2) is 13.2 Å². The molecule has 1 aliphatic heterocycles. The minimum Gasteiger partial charge on any atom is -0.408 e. The first-order chi connectivity index (χ1) is 15.7. The van der Waals surface area contributed by atoms with Gasteiger partial charge >= 0.3 is 5.76 Å². The number of nitrogens with one attached hydrogen (secondary N) is 1. The SMILES string of the molecule is CN(C)c1ccc(CNC(=O)C2CCCN(S(=O)(=O)c3ccc4c(c3)oc(=O)n4C)C2)cc1. The van der Waals surface area contributed by atoms with E-state index >= 15 is 0 Å². The highest BCUT2D eigenvalue weighted by Gasteiger charge is 2.33. The average molecular weight is 473 g/mol. The number of hydrogen-bond acceptors (Lipinski definition) is 6. The van der Waals surface area contributed by atoms with Crippen LogP contribution in [0.2, 0.25) is 0 Å². The van der Waals surface area contributed by atoms with Gasteiger partial charge in [0, 0.05) is 52.5 Å². The zero-order chi connectivity index (χ0) is 23.8. The molecule has 1 atom stereocenters. The number of hydrogen-bond donors (Lipinski definition) is 1. The van der Waals surface area contributed by atoms with E-state index < -0.39 is 21.7 Å². The minimum atomic E-state index is -3.83. The number of benzene rings is 2. The second kappa shape index (κ2) is 9.03. The van der Waals surface area contributed by atoms with Crippen molar-refractivity contribution in [2.24, 2.45) is 13.0 Å². The van der Waals surface area contributed by atoms with Crippen molar-refractivity contribution in [1.82, 2.24) is 14.2 Å². The predicted molar refractivity (Wildman–Crippen MR) is 126 cm³/mol. The van der Waals surface area contributed by atoms with Gasteiger partial charge in [-0.2, -0.15) is 4.31 Å². The maximum Gasteiger partial charge on any atom is 0.419 e. The molecule has 2 heterocycles. The Morgan fingerprint density at radius 3 is 2.61 bits per heavy atom. The van der Waals surface area contributed by atoms with Crippen LogP contribution in [0.1, 0.15) is 18.4 Å². The first kappa shape index (κ1) is 23.1. The molecule has 176 valence electrons. The molecule has 10 heteroatoms. The summed E-state index contributed by atoms with van der Waals surface area (Å²) in [5.41, 5.74) is 2.79. The highest BCUT2D eigenvalue weighted by Crippen LogP contribution is 2.26. The van der Waals surface area contributed by atoms with Gasteiger partial charge in [0.1, 0.15) is 0 Å². The maximum atomic E-state index is 13.2. The Bertz CT molecular complexity index is 1330. The Morgan fingerprint density at radius 1 is 1.18 bits per heavy atom. The van der Waals surface area contributed by atoms with Crippen LogP contribution in [0.15, 0.2) is 56.6 Å². The van der Waals surface area contributed by atoms with Crippen molar-refractivity contribution < 1.29 is 17.6 Å². The molecule has 1 unspecified atom stereocenters. The highest BCUT2D eigenvalue weighted by atomic mass is 32.2. The van der Waals surface area contributed by atoms with Gasteiger partial charge in [-0.05, 0) is 42.7 Å². The number of sulfonamides is 1. The van der Waals surface area contributed by atoms with Crippen molar-refractivity contribution in [1.29, 1.82) is 0 Å². The Balaban J connectivity index is 1.43. The minimum absolute atomic E-state index is 0.0476. The third-order valence-electron chi connectivity index (χ3n) is 6.08. The smallest absolute Gasteiger partial charge is 0.408 e. The molecule has 1 aromatic heterocycles. The molecular weight excluding hydrogens is 444 g/mol. The third kappa shape index (κ3) is 4.67. The van der Waals surface area contributed by atoms with Gasteiger partial charge in [-0.1, -0.05) is 12.1 Å². The van der Waals surface area contributed by atoms with Crippen molar-refractivity contribution in [3.63, 3.8) is 0 Å². The summed E-state index contributed by atoms with van der Waals surface area (Å²) in [5, 5.41) is 2.94. The fourth-order valence-electron chi connectivity index (χ4n) is 4.04. The second-order valence-electron chi connectivity index (χ2n) is 8.54. The van der Waals surface area contributed by atoms with E-state index in [0.29, 0.717) is 31.4 Å². The molecule has 9 nitrogen and oxygen atoms in total. The lowest BCUT2D eigenvalue weighted by Crippen LogP contribution is -2.45. The molecule has 0 aliphatic carbocycles. The Morgan fingerprint density at radius 2 is 1.91 bits per heavy atom. The fraction of sp³-hybridized carbons (Fsp3) is 0.391. The van der Waals surface area contributed by atoms with E-state index in [1.54, 1.807) is 13.1 Å². The van der Waals surface area contributed by atoms with Crippen molar-refractivity contribution in [3.8, 4) is 0 Å². The normalized spacial score (nSPS) is 17.2. The Hall–Kier alpha value is -3.11. The molecule has 1 N–H and O–H groups in total. The summed E-state index contributed by atoms with van der Waals surface area (Å²) >= 11 is 0. The van der Waals surface area contributed by atoms with Gasteiger partial charge in [0.25, 0.3) is 0 Å². The average Bonchev–Trinajstić information content (AvgIpc) is 3.10. The van der Waals surface area contributed by atoms with Gasteiger partial charge in [0.15, 0.2) is 5.58 Å². The van der Waals surface area contributed by atoms with E-state index in [4.69, 9.17) is 4.42 Å². The number of piperidine rings is 1. The van der Waals surface area contributed by atoms with Crippen LogP contribution in [0, 0.1) is 5.92 Å². The second-order valence-corrected chi connectivity index (χ2v) is 10.5. The molecule has 3 aromatic rings. The lowest BCUT2D eigenvalue weighted by atomic mass is 9.99. The molecule has 2 aromatic carbocycles. The summed E-state index contributed by atoms with van der Waals surface area (Å²) < 4.78 is 34.2. The summed E-state index contributed by atoms with van der Waals surface area (Å²) in [7, 11) is 1.67. The Kier molecular flexibility index (Phi) is 6.31. The number of oxazole rings is 1. The number of aryl methyl sites for hydroxylation is 1. The third-order valence-corrected chi connectivity index (χ3v) is 7.94. The summed E-state index contributed by atoms with van der Waals surface area (Å²) in [6.45, 7) is 0.846. The van der Waals surface area contributed by atoms with Crippen LogP contribution in [-0.4, -0.2) is 50.4 Å². The molecule has 1 aliphatic rings. The van der Waals surface area contributed by atoms with Crippen LogP contribution in [-0.2, 0) is 28.4 Å². The van der Waals surface area contributed by atoms with Crippen molar-refractivity contribution in [2.45, 2.75) is 24.3 Å². The maximum absolute atomic E-state index is 13.2. The molecule has 4 rings (SSSR count). The number of carbonyl (C=O) groups excluding carboxylic acids is 1. The molecule has 1 fully saturated rings. The van der Waals surface area contributed by atoms with Gasteiger partial charge in [0.05, 0.1) is 16.3 Å². The summed E-state index contributed by atoms with van der Waals surface area (Å²) in [6, 6.07) is 12.3. The number of rotatable bonds is 6. The van der Waals surface area contributed by atoms with Gasteiger partial charge in [0.2, 0.25) is 15.9 Å². The van der Waals surface area contributed by atoms with Gasteiger partial charge in [-0.15, -0.1) is 0 Å². The molecule has 0 spiro atoms. The van der Waals surface area contributed by atoms with Crippen LogP contribution in [0.5, 0.6) is 0 Å². The van der Waals surface area contributed by atoms with Crippen LogP contribution in [0.25, 0.3) is 11.1 Å². The first-order valence-corrected chi connectivity index (χ1v) is 12.2. The monoisotopic (exact) mass is 472 g/mol. The highest BCUT2D eigenvalue weighted by molar-refractivity contribution is 7.89. The quantitative estimate of drug-likeness (QED) is 0.588. The molecule has 1 saturated heterocycles. The number of amides is 1. The molecule has 1 amide bonds. The van der Waals surface area contributed by atoms with E-state index in [9.17, 15) is 18.0 Å². The van der Waals surface area contributed by atoms with Crippen LogP contribution < -0.4 is 16.0 Å². The number of aromatic nitrogens is 1. The molecule has 0 saturated carbocycles. The lowest BCUT2D eigenvalue weighted by Gasteiger charge is -2.31. The topological polar surface area (TPSA) is 105 Å². The Labute approximate surface area is 192 Å². The van der Waals surface area contributed by atoms with Crippen molar-refractivity contribution in [2.75, 3.05) is 32.1 Å². The van der Waals surface area contributed by atoms with E-state index in [2.05, 4.69) is 5.32 Å². The summed E-state index contributed by atoms with van der Waals surface area (Å²) in [6.07, 6.45) is 1.22. The molecule has 0 bridgehead atoms. The largest absolute Gasteiger partial charge is 0.419 e. The zero-order valence-electron chi connectivity index (χ0n) is 18.9. The molecular formula is C23H28N4O5S. The van der Waals surface area contributed by atoms with E-state index in [1.807, 2.05) is 43.3 Å². The molecule has 33 heavy (non-hydrogen) atoms. The summed E-state index contributed by atoms with van der Waals surface area (Å²) in [4.78, 5) is 26.5. The first-order valence-electron chi connectivity index (χ1n) is 10.8. The van der Waals surface area contributed by atoms with Crippen molar-refractivity contribution in [3.05, 3.63) is 58.6 Å². The zero-order valence-corrected chi connectivity index (χ0v) is 19.8. The number of fused-ring (bicyclic) bond motifs is 1. The number of anilines is 1. The van der Waals surface area contributed by atoms with E-state index in [-0.39, 0.29) is 22.9 Å². The van der Waals surface area contributed by atoms with Gasteiger partial charge < -0.3 is 14.6 Å². The van der Waals surface area contributed by atoms with Crippen LogP contribution in [0.3, 0.4) is 0 Å². The summed E-state index contributed by atoms with van der Waals surface area (Å²) in [5.74, 6) is -1.13. The fourth-order valence-corrected chi connectivity index (χ4v) is 5.58. The van der Waals surface area contributed by atoms with Gasteiger partial charge in [-0.3, -0.25) is 9.36 Å². The number of carbonyl (C=O) groups is 1. The van der Waals surface area contributed by atoms with E-state index in [0.717, 1.165) is 11.3 Å². The van der Waals surface area contributed by atoms with Crippen molar-refractivity contribution >= 4 is 32.7 Å². The standard InChI is InChI=1S/C23H28N4O5S/c1-25(2)18-8-6-16(7-9-18)14-24-22(28)17-5-4-12-27(15-17)33(30,31)19-10-11-20-21(13-19)32-23(29)26(20)3/h6-11,13,17H,4-5,12,14-15H2,1-3H3,(H,24,28). The number of nitrogens with zero attached hydrogens (tertiary/aromatic N) is 3. The predicted octanol–water partition coefficient (Wildman–Crippen LogP) is 1.91. The van der Waals surface area contributed by atoms with E-state index in [1.165, 1.54) is 21.0 Å². The van der Waals surface area contributed by atoms with Crippen LogP contribution in [0.4, 0.5) is 5.69 Å². The van der Waals surface area contributed by atoms with Crippen LogP contribution >= 0.6 is 0 Å². The molecule has 0 radical (unpaired) electrons. The lowest BCUT2D eigenvalue weighted by molar-refractivity contribution is -0.126.